The molecule has 0 radical (unpaired) electrons. The Balaban J connectivity index is 3.20. The van der Waals surface area contributed by atoms with Gasteiger partial charge in [0.15, 0.2) is 0 Å². The molecule has 0 saturated heterocycles. The molecule has 0 atom stereocenters. The van der Waals surface area contributed by atoms with E-state index >= 15 is 0 Å². The van der Waals surface area contributed by atoms with Gasteiger partial charge in [0.2, 0.25) is 0 Å². The van der Waals surface area contributed by atoms with Gasteiger partial charge in [-0.15, -0.1) is 0 Å². The maximum absolute atomic E-state index is 13.7. The minimum Gasteiger partial charge on any atom is -0.465 e. The zero-order valence-corrected chi connectivity index (χ0v) is 8.50. The Labute approximate surface area is 82.7 Å². The fourth-order valence-electron chi connectivity index (χ4n) is 1.26. The first-order valence-corrected chi connectivity index (χ1v) is 4.44. The third kappa shape index (κ3) is 1.92. The zero-order valence-electron chi connectivity index (χ0n) is 8.50. The largest absolute Gasteiger partial charge is 0.465 e. The minimum absolute atomic E-state index is 0.00120. The molecular weight excluding hydrogens is 183 g/mol. The number of methoxy groups -OCH3 is 1. The van der Waals surface area contributed by atoms with Crippen molar-refractivity contribution in [2.45, 2.75) is 19.8 Å². The van der Waals surface area contributed by atoms with E-state index in [0.717, 1.165) is 0 Å². The average molecular weight is 196 g/mol. The summed E-state index contributed by atoms with van der Waals surface area (Å²) in [6.45, 7) is 3.75. The van der Waals surface area contributed by atoms with E-state index in [0.29, 0.717) is 5.56 Å². The van der Waals surface area contributed by atoms with Gasteiger partial charge in [-0.2, -0.15) is 0 Å². The van der Waals surface area contributed by atoms with Crippen molar-refractivity contribution in [3.8, 4) is 0 Å². The molecule has 0 amide bonds. The highest BCUT2D eigenvalue weighted by Crippen LogP contribution is 2.21. The second-order valence-corrected chi connectivity index (χ2v) is 3.36. The van der Waals surface area contributed by atoms with Gasteiger partial charge in [0.05, 0.1) is 12.7 Å². The number of benzene rings is 1. The van der Waals surface area contributed by atoms with Crippen LogP contribution in [0.1, 0.15) is 35.7 Å². The van der Waals surface area contributed by atoms with Gasteiger partial charge in [-0.1, -0.05) is 26.0 Å². The highest BCUT2D eigenvalue weighted by Gasteiger charge is 2.16. The lowest BCUT2D eigenvalue weighted by molar-refractivity contribution is 0.0595. The topological polar surface area (TPSA) is 26.3 Å². The van der Waals surface area contributed by atoms with Crippen LogP contribution in [0.5, 0.6) is 0 Å². The summed E-state index contributed by atoms with van der Waals surface area (Å²) < 4.78 is 18.1. The van der Waals surface area contributed by atoms with E-state index in [1.165, 1.54) is 13.2 Å². The molecule has 0 aromatic heterocycles. The lowest BCUT2D eigenvalue weighted by Crippen LogP contribution is -2.07. The van der Waals surface area contributed by atoms with Crippen LogP contribution in [0, 0.1) is 5.82 Å². The molecule has 0 aliphatic rings. The van der Waals surface area contributed by atoms with Crippen molar-refractivity contribution in [1.82, 2.24) is 0 Å². The normalized spacial score (nSPS) is 10.4. The monoisotopic (exact) mass is 196 g/mol. The fourth-order valence-corrected chi connectivity index (χ4v) is 1.26. The lowest BCUT2D eigenvalue weighted by Gasteiger charge is -2.09. The quantitative estimate of drug-likeness (QED) is 0.680. The summed E-state index contributed by atoms with van der Waals surface area (Å²) in [5.41, 5.74) is 0.534. The molecule has 0 saturated carbocycles. The Kier molecular flexibility index (Phi) is 3.23. The molecule has 0 unspecified atom stereocenters. The van der Waals surface area contributed by atoms with Crippen LogP contribution in [-0.2, 0) is 4.74 Å². The highest BCUT2D eigenvalue weighted by atomic mass is 19.1. The van der Waals surface area contributed by atoms with Crippen LogP contribution >= 0.6 is 0 Å². The number of esters is 1. The third-order valence-corrected chi connectivity index (χ3v) is 2.06. The van der Waals surface area contributed by atoms with Gasteiger partial charge in [-0.3, -0.25) is 0 Å². The van der Waals surface area contributed by atoms with Crippen molar-refractivity contribution in [3.63, 3.8) is 0 Å². The molecule has 0 bridgehead atoms. The van der Waals surface area contributed by atoms with Crippen LogP contribution in [0.2, 0.25) is 0 Å². The molecule has 1 aromatic carbocycles. The van der Waals surface area contributed by atoms with Crippen molar-refractivity contribution in [3.05, 3.63) is 35.1 Å². The van der Waals surface area contributed by atoms with Gasteiger partial charge in [0.1, 0.15) is 5.82 Å². The molecule has 76 valence electrons. The summed E-state index contributed by atoms with van der Waals surface area (Å²) in [4.78, 5) is 11.1. The molecule has 14 heavy (non-hydrogen) atoms. The fraction of sp³-hybridized carbons (Fsp3) is 0.364. The van der Waals surface area contributed by atoms with E-state index in [9.17, 15) is 9.18 Å². The number of hydrogen-bond donors (Lipinski definition) is 0. The Morgan fingerprint density at radius 1 is 1.43 bits per heavy atom. The standard InChI is InChI=1S/C11H13FO2/c1-7(2)8-5-4-6-9(10(8)12)11(13)14-3/h4-7H,1-3H3. The smallest absolute Gasteiger partial charge is 0.340 e. The lowest BCUT2D eigenvalue weighted by atomic mass is 10.00. The number of ether oxygens (including phenoxy) is 1. The molecule has 0 N–H and O–H groups in total. The van der Waals surface area contributed by atoms with E-state index in [1.54, 1.807) is 12.1 Å². The number of carbonyl (C=O) groups excluding carboxylic acids is 1. The van der Waals surface area contributed by atoms with E-state index < -0.39 is 11.8 Å². The maximum Gasteiger partial charge on any atom is 0.340 e. The first kappa shape index (κ1) is 10.7. The zero-order chi connectivity index (χ0) is 10.7. The first-order chi connectivity index (χ1) is 6.57. The summed E-state index contributed by atoms with van der Waals surface area (Å²) in [6, 6.07) is 4.75. The molecule has 0 aliphatic heterocycles. The Hall–Kier alpha value is -1.38. The Bertz CT molecular complexity index is 345. The van der Waals surface area contributed by atoms with Gasteiger partial charge < -0.3 is 4.74 Å². The highest BCUT2D eigenvalue weighted by molar-refractivity contribution is 5.89. The molecule has 3 heteroatoms. The van der Waals surface area contributed by atoms with Crippen LogP contribution in [0.3, 0.4) is 0 Å². The van der Waals surface area contributed by atoms with E-state index in [4.69, 9.17) is 0 Å². The Morgan fingerprint density at radius 2 is 2.07 bits per heavy atom. The van der Waals surface area contributed by atoms with Crippen LogP contribution < -0.4 is 0 Å². The number of carbonyl (C=O) groups is 1. The Morgan fingerprint density at radius 3 is 2.57 bits per heavy atom. The van der Waals surface area contributed by atoms with Crippen molar-refractivity contribution in [1.29, 1.82) is 0 Å². The maximum atomic E-state index is 13.7. The number of rotatable bonds is 2. The minimum atomic E-state index is -0.634. The molecule has 0 aliphatic carbocycles. The molecule has 2 nitrogen and oxygen atoms in total. The van der Waals surface area contributed by atoms with Crippen molar-refractivity contribution >= 4 is 5.97 Å². The molecule has 0 fully saturated rings. The third-order valence-electron chi connectivity index (χ3n) is 2.06. The van der Waals surface area contributed by atoms with Crippen LogP contribution in [0.25, 0.3) is 0 Å². The summed E-state index contributed by atoms with van der Waals surface area (Å²) in [5, 5.41) is 0. The van der Waals surface area contributed by atoms with Crippen LogP contribution in [0.4, 0.5) is 4.39 Å². The van der Waals surface area contributed by atoms with E-state index in [-0.39, 0.29) is 11.5 Å². The van der Waals surface area contributed by atoms with Gasteiger partial charge in [-0.25, -0.2) is 9.18 Å². The summed E-state index contributed by atoms with van der Waals surface area (Å²) >= 11 is 0. The molecular formula is C11H13FO2. The van der Waals surface area contributed by atoms with Crippen molar-refractivity contribution < 1.29 is 13.9 Å². The van der Waals surface area contributed by atoms with Gasteiger partial charge >= 0.3 is 5.97 Å². The first-order valence-electron chi connectivity index (χ1n) is 4.44. The second-order valence-electron chi connectivity index (χ2n) is 3.36. The summed E-state index contributed by atoms with van der Waals surface area (Å²) in [5.74, 6) is -1.06. The molecule has 0 spiro atoms. The number of hydrogen-bond acceptors (Lipinski definition) is 2. The number of halogens is 1. The average Bonchev–Trinajstić information content (AvgIpc) is 2.16. The second kappa shape index (κ2) is 4.22. The van der Waals surface area contributed by atoms with Crippen molar-refractivity contribution in [2.75, 3.05) is 7.11 Å². The SMILES string of the molecule is COC(=O)c1cccc(C(C)C)c1F. The van der Waals surface area contributed by atoms with Crippen molar-refractivity contribution in [2.24, 2.45) is 0 Å². The summed E-state index contributed by atoms with van der Waals surface area (Å²) in [7, 11) is 1.24. The molecule has 0 heterocycles. The van der Waals surface area contributed by atoms with Gasteiger partial charge in [0, 0.05) is 0 Å². The van der Waals surface area contributed by atoms with Crippen LogP contribution in [0.15, 0.2) is 18.2 Å². The summed E-state index contributed by atoms with van der Waals surface area (Å²) in [6.07, 6.45) is 0. The van der Waals surface area contributed by atoms with E-state index in [1.807, 2.05) is 13.8 Å². The molecule has 1 aromatic rings. The van der Waals surface area contributed by atoms with Gasteiger partial charge in [0.25, 0.3) is 0 Å². The van der Waals surface area contributed by atoms with Crippen LogP contribution in [-0.4, -0.2) is 13.1 Å². The van der Waals surface area contributed by atoms with E-state index in [2.05, 4.69) is 4.74 Å². The van der Waals surface area contributed by atoms with Gasteiger partial charge in [-0.05, 0) is 17.5 Å². The predicted octanol–water partition coefficient (Wildman–Crippen LogP) is 2.74. The molecule has 1 rings (SSSR count). The predicted molar refractivity (Wildman–Crippen MR) is 51.8 cm³/mol.